The van der Waals surface area contributed by atoms with Gasteiger partial charge in [-0.05, 0) is 63.5 Å². The molecule has 13 nitrogen and oxygen atoms in total. The van der Waals surface area contributed by atoms with Crippen LogP contribution in [0.15, 0.2) is 53.0 Å². The molecule has 0 aliphatic heterocycles. The molecule has 0 aliphatic rings. The van der Waals surface area contributed by atoms with Gasteiger partial charge in [0.05, 0.1) is 31.5 Å². The number of phosphoric acid groups is 1. The van der Waals surface area contributed by atoms with Gasteiger partial charge >= 0.3 is 19.8 Å². The number of phosphoric ester groups is 1. The van der Waals surface area contributed by atoms with Gasteiger partial charge in [-0.1, -0.05) is 146 Å². The lowest BCUT2D eigenvalue weighted by molar-refractivity contribution is -0.161. The Hall–Kier alpha value is -2.87. The van der Waals surface area contributed by atoms with Crippen molar-refractivity contribution < 1.29 is 57.3 Å². The predicted octanol–water partition coefficient (Wildman–Crippen LogP) is 10.1. The Bertz CT molecular complexity index is 1500. The average Bonchev–Trinajstić information content (AvgIpc) is 3.52. The molecule has 0 amide bonds. The second-order valence-electron chi connectivity index (χ2n) is 16.4. The molecule has 0 saturated heterocycles. The summed E-state index contributed by atoms with van der Waals surface area (Å²) in [6.07, 6.45) is 30.4. The van der Waals surface area contributed by atoms with Crippen LogP contribution in [0.3, 0.4) is 0 Å². The third-order valence-corrected chi connectivity index (χ3v) is 11.8. The fourth-order valence-electron chi connectivity index (χ4n) is 6.78. The molecule has 1 rings (SSSR count). The van der Waals surface area contributed by atoms with Crippen molar-refractivity contribution in [2.75, 3.05) is 26.4 Å². The Morgan fingerprint density at radius 2 is 1.17 bits per heavy atom. The summed E-state index contributed by atoms with van der Waals surface area (Å²) >= 11 is 0. The lowest BCUT2D eigenvalue weighted by Crippen LogP contribution is -2.30. The molecule has 1 aromatic heterocycles. The Kier molecular flexibility index (Phi) is 34.5. The van der Waals surface area contributed by atoms with Gasteiger partial charge in [0.15, 0.2) is 6.10 Å². The molecule has 0 bridgehead atoms. The number of hydrogen-bond acceptors (Lipinski definition) is 12. The summed E-state index contributed by atoms with van der Waals surface area (Å²) in [6.45, 7) is 7.54. The van der Waals surface area contributed by atoms with Crippen molar-refractivity contribution in [2.24, 2.45) is 5.73 Å². The van der Waals surface area contributed by atoms with Crippen LogP contribution in [-0.2, 0) is 45.5 Å². The fraction of sp³-hybridized carbons (Fsp3) is 0.714. The van der Waals surface area contributed by atoms with Crippen molar-refractivity contribution >= 4 is 19.8 Å². The molecule has 0 fully saturated rings. The number of aliphatic hydroxyl groups is 3. The van der Waals surface area contributed by atoms with E-state index < -0.39 is 57.4 Å². The Labute approximate surface area is 379 Å². The van der Waals surface area contributed by atoms with Gasteiger partial charge in [0.1, 0.15) is 18.1 Å². The van der Waals surface area contributed by atoms with Crippen LogP contribution in [0.5, 0.6) is 0 Å². The largest absolute Gasteiger partial charge is 0.472 e. The second kappa shape index (κ2) is 37.4. The quantitative estimate of drug-likeness (QED) is 0.0180. The molecular weight excluding hydrogens is 826 g/mol. The number of hydrogen-bond donors (Lipinski definition) is 5. The van der Waals surface area contributed by atoms with Crippen LogP contribution < -0.4 is 5.73 Å². The first-order valence-corrected chi connectivity index (χ1v) is 25.3. The van der Waals surface area contributed by atoms with Crippen LogP contribution in [0, 0.1) is 13.8 Å². The van der Waals surface area contributed by atoms with E-state index in [2.05, 4.69) is 27.7 Å². The number of unbranched alkanes of at least 4 members (excludes halogenated alkanes) is 13. The van der Waals surface area contributed by atoms with E-state index in [4.69, 9.17) is 28.7 Å². The van der Waals surface area contributed by atoms with E-state index in [0.29, 0.717) is 6.42 Å². The van der Waals surface area contributed by atoms with Gasteiger partial charge in [-0.15, -0.1) is 0 Å². The zero-order valence-corrected chi connectivity index (χ0v) is 40.0. The van der Waals surface area contributed by atoms with Crippen LogP contribution in [0.2, 0.25) is 0 Å². The van der Waals surface area contributed by atoms with Gasteiger partial charge in [-0.2, -0.15) is 0 Å². The first-order chi connectivity index (χ1) is 30.3. The summed E-state index contributed by atoms with van der Waals surface area (Å²) in [5.74, 6) is 1.16. The number of rotatable bonds is 40. The minimum absolute atomic E-state index is 0.00229. The van der Waals surface area contributed by atoms with Gasteiger partial charge in [0.2, 0.25) is 0 Å². The molecule has 63 heavy (non-hydrogen) atoms. The molecule has 362 valence electrons. The minimum atomic E-state index is -4.48. The lowest BCUT2D eigenvalue weighted by atomic mass is 10.0. The maximum atomic E-state index is 12.7. The normalized spacial score (nSPS) is 15.1. The van der Waals surface area contributed by atoms with Crippen molar-refractivity contribution in [3.8, 4) is 0 Å². The summed E-state index contributed by atoms with van der Waals surface area (Å²) in [6, 6.07) is 0. The Balaban J connectivity index is 2.35. The van der Waals surface area contributed by atoms with E-state index in [-0.39, 0.29) is 38.8 Å². The predicted molar refractivity (Wildman–Crippen MR) is 250 cm³/mol. The lowest BCUT2D eigenvalue weighted by Gasteiger charge is -2.20. The maximum absolute atomic E-state index is 12.7. The molecule has 0 spiro atoms. The number of carbonyl (C=O) groups is 2. The summed E-state index contributed by atoms with van der Waals surface area (Å²) in [4.78, 5) is 35.1. The van der Waals surface area contributed by atoms with Gasteiger partial charge in [0, 0.05) is 32.2 Å². The SMILES string of the molecule is CCCCCc1oc(CCCCCCCCCCCCC(=O)O[C@H](COC(=O)CCC[C@@H](O)[C@H](O)/C=C/C=C/C=C\C=C\[C@H](O)CCCCC)COP(=O)(O)OCCN)c(C)c1C. The Morgan fingerprint density at radius 3 is 1.78 bits per heavy atom. The molecule has 0 saturated carbocycles. The van der Waals surface area contributed by atoms with Crippen molar-refractivity contribution in [2.45, 2.75) is 200 Å². The van der Waals surface area contributed by atoms with Gasteiger partial charge < -0.3 is 39.8 Å². The number of esters is 2. The highest BCUT2D eigenvalue weighted by atomic mass is 31.2. The molecule has 0 aromatic carbocycles. The van der Waals surface area contributed by atoms with Crippen LogP contribution in [-0.4, -0.2) is 82.9 Å². The van der Waals surface area contributed by atoms with Crippen LogP contribution in [0.4, 0.5) is 0 Å². The Morgan fingerprint density at radius 1 is 0.651 bits per heavy atom. The van der Waals surface area contributed by atoms with Crippen LogP contribution in [0.1, 0.15) is 171 Å². The van der Waals surface area contributed by atoms with E-state index in [1.54, 1.807) is 42.5 Å². The van der Waals surface area contributed by atoms with E-state index in [1.807, 2.05) is 0 Å². The van der Waals surface area contributed by atoms with E-state index in [0.717, 1.165) is 76.4 Å². The molecule has 1 heterocycles. The highest BCUT2D eigenvalue weighted by Gasteiger charge is 2.26. The number of nitrogens with two attached hydrogens (primary N) is 1. The summed E-state index contributed by atoms with van der Waals surface area (Å²) in [7, 11) is -4.48. The molecule has 0 aliphatic carbocycles. The monoisotopic (exact) mass is 910 g/mol. The van der Waals surface area contributed by atoms with Crippen LogP contribution in [0.25, 0.3) is 0 Å². The van der Waals surface area contributed by atoms with E-state index >= 15 is 0 Å². The second-order valence-corrected chi connectivity index (χ2v) is 17.9. The van der Waals surface area contributed by atoms with Crippen LogP contribution >= 0.6 is 7.82 Å². The number of carbonyl (C=O) groups excluding carboxylic acids is 2. The summed E-state index contributed by atoms with van der Waals surface area (Å²) in [5, 5.41) is 30.5. The minimum Gasteiger partial charge on any atom is -0.466 e. The van der Waals surface area contributed by atoms with E-state index in [1.165, 1.54) is 67.9 Å². The third-order valence-electron chi connectivity index (χ3n) is 10.8. The first-order valence-electron chi connectivity index (χ1n) is 23.8. The standard InChI is InChI=1S/C49H84NO12P/c1-5-7-21-28-42(51)29-23-17-15-16-18-24-30-44(52)45(53)31-27-35-48(54)58-38-43(39-60-63(56,57)59-37-36-50)61-49(55)34-26-20-14-12-10-9-11-13-19-25-33-47-41(4)40(3)46(62-47)32-22-8-6-2/h15-18,23-24,29-30,42-45,51-53H,5-14,19-22,25-28,31-39,50H2,1-4H3,(H,56,57)/b17-15-,18-16+,29-23+,30-24+/t42-,43-,44-,45-/m1/s1. The van der Waals surface area contributed by atoms with Gasteiger partial charge in [-0.3, -0.25) is 18.6 Å². The smallest absolute Gasteiger partial charge is 0.466 e. The van der Waals surface area contributed by atoms with Crippen molar-refractivity contribution in [3.63, 3.8) is 0 Å². The van der Waals surface area contributed by atoms with Crippen molar-refractivity contribution in [1.82, 2.24) is 0 Å². The molecule has 0 radical (unpaired) electrons. The van der Waals surface area contributed by atoms with Crippen molar-refractivity contribution in [3.05, 3.63) is 71.3 Å². The zero-order valence-electron chi connectivity index (χ0n) is 39.1. The highest BCUT2D eigenvalue weighted by molar-refractivity contribution is 7.47. The average molecular weight is 910 g/mol. The van der Waals surface area contributed by atoms with Gasteiger partial charge in [-0.25, -0.2) is 4.57 Å². The molecular formula is C49H84NO12P. The summed E-state index contributed by atoms with van der Waals surface area (Å²) < 4.78 is 38.9. The molecule has 1 aromatic rings. The number of aliphatic hydroxyl groups excluding tert-OH is 3. The molecule has 14 heteroatoms. The van der Waals surface area contributed by atoms with Crippen molar-refractivity contribution in [1.29, 1.82) is 0 Å². The molecule has 5 atom stereocenters. The topological polar surface area (TPSA) is 208 Å². The fourth-order valence-corrected chi connectivity index (χ4v) is 7.55. The molecule has 1 unspecified atom stereocenters. The maximum Gasteiger partial charge on any atom is 0.472 e. The number of ether oxygens (including phenoxy) is 2. The zero-order chi connectivity index (χ0) is 46.6. The molecule has 6 N–H and O–H groups in total. The number of allylic oxidation sites excluding steroid dienone is 6. The van der Waals surface area contributed by atoms with Gasteiger partial charge in [0.25, 0.3) is 0 Å². The summed E-state index contributed by atoms with van der Waals surface area (Å²) in [5.41, 5.74) is 8.00. The first kappa shape index (κ1) is 58.1. The number of aryl methyl sites for hydroxylation is 2. The number of furan rings is 1. The third kappa shape index (κ3) is 30.8. The highest BCUT2D eigenvalue weighted by Crippen LogP contribution is 2.43. The van der Waals surface area contributed by atoms with E-state index in [9.17, 15) is 34.4 Å².